The van der Waals surface area contributed by atoms with Crippen molar-refractivity contribution in [2.45, 2.75) is 6.92 Å². The zero-order chi connectivity index (χ0) is 18.3. The number of H-pyrrole nitrogens is 1. The standard InChI is InChI=1S/C19H14BrN3O3/c1-2-26-16-8-12(20)7-14-17(16)18(24)23(19(25)22-14)15-10-21-9-11-5-3-4-6-13(11)15/h3-10H,2H2,1H3,(H,22,25). The van der Waals surface area contributed by atoms with Crippen molar-refractivity contribution in [2.75, 3.05) is 6.61 Å². The van der Waals surface area contributed by atoms with Gasteiger partial charge in [0.2, 0.25) is 0 Å². The highest BCUT2D eigenvalue weighted by molar-refractivity contribution is 9.10. The van der Waals surface area contributed by atoms with Gasteiger partial charge in [-0.3, -0.25) is 9.78 Å². The number of ether oxygens (including phenoxy) is 1. The van der Waals surface area contributed by atoms with Gasteiger partial charge in [0.15, 0.2) is 0 Å². The number of rotatable bonds is 3. The third-order valence-electron chi connectivity index (χ3n) is 4.12. The fraction of sp³-hybridized carbons (Fsp3) is 0.105. The van der Waals surface area contributed by atoms with Gasteiger partial charge < -0.3 is 9.72 Å². The number of benzene rings is 2. The van der Waals surface area contributed by atoms with E-state index in [0.717, 1.165) is 15.3 Å². The van der Waals surface area contributed by atoms with Crippen LogP contribution in [0.15, 0.2) is 62.9 Å². The summed E-state index contributed by atoms with van der Waals surface area (Å²) in [5.41, 5.74) is -0.122. The summed E-state index contributed by atoms with van der Waals surface area (Å²) in [5, 5.41) is 1.93. The van der Waals surface area contributed by atoms with Crippen LogP contribution in [0.2, 0.25) is 0 Å². The quantitative estimate of drug-likeness (QED) is 0.560. The van der Waals surface area contributed by atoms with E-state index < -0.39 is 11.2 Å². The monoisotopic (exact) mass is 411 g/mol. The maximum absolute atomic E-state index is 13.2. The van der Waals surface area contributed by atoms with E-state index in [0.29, 0.717) is 33.4 Å². The van der Waals surface area contributed by atoms with Gasteiger partial charge in [0.25, 0.3) is 5.56 Å². The fourth-order valence-corrected chi connectivity index (χ4v) is 3.48. The molecule has 26 heavy (non-hydrogen) atoms. The molecule has 0 aliphatic rings. The maximum Gasteiger partial charge on any atom is 0.333 e. The first-order valence-corrected chi connectivity index (χ1v) is 8.84. The molecular formula is C19H14BrN3O3. The molecule has 6 nitrogen and oxygen atoms in total. The second-order valence-electron chi connectivity index (χ2n) is 5.71. The molecule has 0 unspecified atom stereocenters. The Morgan fingerprint density at radius 3 is 2.81 bits per heavy atom. The van der Waals surface area contributed by atoms with Crippen LogP contribution in [0, 0.1) is 0 Å². The molecule has 7 heteroatoms. The number of fused-ring (bicyclic) bond motifs is 2. The van der Waals surface area contributed by atoms with Crippen LogP contribution >= 0.6 is 15.9 Å². The summed E-state index contributed by atoms with van der Waals surface area (Å²) >= 11 is 3.38. The third kappa shape index (κ3) is 2.61. The first kappa shape index (κ1) is 16.5. The molecule has 0 aliphatic heterocycles. The molecule has 4 rings (SSSR count). The summed E-state index contributed by atoms with van der Waals surface area (Å²) in [6.45, 7) is 2.24. The molecule has 0 radical (unpaired) electrons. The number of pyridine rings is 1. The lowest BCUT2D eigenvalue weighted by atomic mass is 10.1. The van der Waals surface area contributed by atoms with Crippen LogP contribution in [0.1, 0.15) is 6.92 Å². The van der Waals surface area contributed by atoms with Crippen molar-refractivity contribution in [2.24, 2.45) is 0 Å². The van der Waals surface area contributed by atoms with Gasteiger partial charge in [-0.15, -0.1) is 0 Å². The third-order valence-corrected chi connectivity index (χ3v) is 4.57. The number of hydrogen-bond donors (Lipinski definition) is 1. The van der Waals surface area contributed by atoms with E-state index in [-0.39, 0.29) is 0 Å². The lowest BCUT2D eigenvalue weighted by Gasteiger charge is -2.12. The molecule has 130 valence electrons. The predicted octanol–water partition coefficient (Wildman–Crippen LogP) is 3.39. The number of aromatic amines is 1. The molecule has 0 atom stereocenters. The Labute approximate surface area is 156 Å². The summed E-state index contributed by atoms with van der Waals surface area (Å²) in [5.74, 6) is 0.417. The molecule has 0 fully saturated rings. The van der Waals surface area contributed by atoms with Crippen molar-refractivity contribution in [1.29, 1.82) is 0 Å². The van der Waals surface area contributed by atoms with Crippen molar-refractivity contribution in [1.82, 2.24) is 14.5 Å². The number of nitrogens with one attached hydrogen (secondary N) is 1. The first-order chi connectivity index (χ1) is 12.6. The highest BCUT2D eigenvalue weighted by Crippen LogP contribution is 2.27. The molecule has 2 heterocycles. The summed E-state index contributed by atoms with van der Waals surface area (Å²) in [4.78, 5) is 32.9. The molecule has 0 spiro atoms. The highest BCUT2D eigenvalue weighted by Gasteiger charge is 2.16. The summed E-state index contributed by atoms with van der Waals surface area (Å²) in [7, 11) is 0. The Morgan fingerprint density at radius 2 is 2.00 bits per heavy atom. The van der Waals surface area contributed by atoms with Gasteiger partial charge in [0, 0.05) is 21.4 Å². The number of aromatic nitrogens is 3. The van der Waals surface area contributed by atoms with Crippen LogP contribution in [-0.2, 0) is 0 Å². The van der Waals surface area contributed by atoms with E-state index in [9.17, 15) is 9.59 Å². The molecule has 1 N–H and O–H groups in total. The molecular weight excluding hydrogens is 398 g/mol. The van der Waals surface area contributed by atoms with Gasteiger partial charge in [-0.25, -0.2) is 9.36 Å². The second kappa shape index (κ2) is 6.42. The molecule has 0 saturated carbocycles. The molecule has 4 aromatic rings. The van der Waals surface area contributed by atoms with Crippen LogP contribution in [0.25, 0.3) is 27.4 Å². The highest BCUT2D eigenvalue weighted by atomic mass is 79.9. The van der Waals surface area contributed by atoms with Crippen molar-refractivity contribution in [3.05, 3.63) is 74.1 Å². The first-order valence-electron chi connectivity index (χ1n) is 8.04. The van der Waals surface area contributed by atoms with Gasteiger partial charge in [-0.1, -0.05) is 40.2 Å². The predicted molar refractivity (Wildman–Crippen MR) is 104 cm³/mol. The minimum Gasteiger partial charge on any atom is -0.493 e. The summed E-state index contributed by atoms with van der Waals surface area (Å²) < 4.78 is 7.44. The largest absolute Gasteiger partial charge is 0.493 e. The molecule has 2 aromatic carbocycles. The van der Waals surface area contributed by atoms with Crippen LogP contribution in [0.3, 0.4) is 0 Å². The van der Waals surface area contributed by atoms with E-state index in [1.165, 1.54) is 6.20 Å². The van der Waals surface area contributed by atoms with Gasteiger partial charge in [0.05, 0.1) is 24.0 Å². The molecule has 0 aliphatic carbocycles. The Balaban J connectivity index is 2.14. The number of nitrogens with zero attached hydrogens (tertiary/aromatic N) is 2. The second-order valence-corrected chi connectivity index (χ2v) is 6.63. The van der Waals surface area contributed by atoms with Crippen LogP contribution in [0.4, 0.5) is 0 Å². The van der Waals surface area contributed by atoms with Crippen LogP contribution < -0.4 is 16.0 Å². The molecule has 0 amide bonds. The topological polar surface area (TPSA) is 77.0 Å². The SMILES string of the molecule is CCOc1cc(Br)cc2[nH]c(=O)n(-c3cncc4ccccc34)c(=O)c12. The lowest BCUT2D eigenvalue weighted by Crippen LogP contribution is -2.34. The molecule has 2 aromatic heterocycles. The van der Waals surface area contributed by atoms with Crippen molar-refractivity contribution >= 4 is 37.6 Å². The van der Waals surface area contributed by atoms with E-state index in [2.05, 4.69) is 25.9 Å². The van der Waals surface area contributed by atoms with Gasteiger partial charge in [-0.05, 0) is 19.1 Å². The number of hydrogen-bond acceptors (Lipinski definition) is 4. The number of halogens is 1. The molecule has 0 saturated heterocycles. The minimum atomic E-state index is -0.527. The fourth-order valence-electron chi connectivity index (χ4n) is 3.04. The maximum atomic E-state index is 13.2. The lowest BCUT2D eigenvalue weighted by molar-refractivity contribution is 0.344. The normalized spacial score (nSPS) is 11.2. The summed E-state index contributed by atoms with van der Waals surface area (Å²) in [6.07, 6.45) is 3.21. The van der Waals surface area contributed by atoms with Crippen molar-refractivity contribution < 1.29 is 4.74 Å². The molecule has 0 bridgehead atoms. The van der Waals surface area contributed by atoms with E-state index in [4.69, 9.17) is 4.74 Å². The average Bonchev–Trinajstić information content (AvgIpc) is 2.61. The van der Waals surface area contributed by atoms with Crippen molar-refractivity contribution in [3.8, 4) is 11.4 Å². The van der Waals surface area contributed by atoms with E-state index in [1.54, 1.807) is 18.3 Å². The van der Waals surface area contributed by atoms with E-state index >= 15 is 0 Å². The van der Waals surface area contributed by atoms with Gasteiger partial charge in [0.1, 0.15) is 11.1 Å². The Hall–Kier alpha value is -2.93. The van der Waals surface area contributed by atoms with Gasteiger partial charge in [-0.2, -0.15) is 0 Å². The zero-order valence-electron chi connectivity index (χ0n) is 13.8. The van der Waals surface area contributed by atoms with Crippen LogP contribution in [0.5, 0.6) is 5.75 Å². The van der Waals surface area contributed by atoms with Gasteiger partial charge >= 0.3 is 5.69 Å². The smallest absolute Gasteiger partial charge is 0.333 e. The zero-order valence-corrected chi connectivity index (χ0v) is 15.4. The van der Waals surface area contributed by atoms with Crippen LogP contribution in [-0.4, -0.2) is 21.1 Å². The van der Waals surface area contributed by atoms with Crippen molar-refractivity contribution in [3.63, 3.8) is 0 Å². The Kier molecular flexibility index (Phi) is 4.08. The van der Waals surface area contributed by atoms with E-state index in [1.807, 2.05) is 31.2 Å². The summed E-state index contributed by atoms with van der Waals surface area (Å²) in [6, 6.07) is 10.9. The minimum absolute atomic E-state index is 0.322. The Bertz CT molecular complexity index is 1260. The Morgan fingerprint density at radius 1 is 1.19 bits per heavy atom. The average molecular weight is 412 g/mol.